The van der Waals surface area contributed by atoms with E-state index in [1.165, 1.54) is 19.1 Å². The molecule has 1 atom stereocenters. The predicted molar refractivity (Wildman–Crippen MR) is 80.4 cm³/mol. The molecule has 6 heteroatoms. The standard InChI is InChI=1S/C15H22F2O3Si/c1-5-14(19,11-21(2,3)4)15(16,17)13(18)20-12-9-7-6-8-10-12/h6-10,19H,5,11H2,1-4H3. The summed E-state index contributed by atoms with van der Waals surface area (Å²) < 4.78 is 33.5. The van der Waals surface area contributed by atoms with Crippen molar-refractivity contribution >= 4 is 14.0 Å². The molecule has 0 aliphatic carbocycles. The lowest BCUT2D eigenvalue weighted by atomic mass is 9.94. The number of alkyl halides is 2. The Kier molecular flexibility index (Phi) is 5.28. The van der Waals surface area contributed by atoms with E-state index in [1.54, 1.807) is 18.2 Å². The highest BCUT2D eigenvalue weighted by molar-refractivity contribution is 6.76. The molecule has 0 amide bonds. The zero-order valence-corrected chi connectivity index (χ0v) is 13.8. The first-order chi connectivity index (χ1) is 9.52. The lowest BCUT2D eigenvalue weighted by Gasteiger charge is -2.37. The monoisotopic (exact) mass is 316 g/mol. The summed E-state index contributed by atoms with van der Waals surface area (Å²) in [6, 6.07) is 7.59. The number of ether oxygens (including phenoxy) is 1. The average Bonchev–Trinajstić information content (AvgIpc) is 2.37. The van der Waals surface area contributed by atoms with E-state index in [0.717, 1.165) is 0 Å². The zero-order valence-electron chi connectivity index (χ0n) is 12.8. The van der Waals surface area contributed by atoms with Gasteiger partial charge in [0.1, 0.15) is 11.4 Å². The van der Waals surface area contributed by atoms with Crippen molar-refractivity contribution in [2.24, 2.45) is 0 Å². The van der Waals surface area contributed by atoms with E-state index in [1.807, 2.05) is 19.6 Å². The Bertz CT molecular complexity index is 485. The van der Waals surface area contributed by atoms with E-state index in [2.05, 4.69) is 0 Å². The zero-order chi connectivity index (χ0) is 16.3. The highest BCUT2D eigenvalue weighted by Crippen LogP contribution is 2.39. The fourth-order valence-corrected chi connectivity index (χ4v) is 4.41. The van der Waals surface area contributed by atoms with Gasteiger partial charge < -0.3 is 9.84 Å². The minimum atomic E-state index is -3.95. The summed E-state index contributed by atoms with van der Waals surface area (Å²) in [7, 11) is -2.00. The van der Waals surface area contributed by atoms with Crippen LogP contribution in [0.2, 0.25) is 25.7 Å². The molecule has 3 nitrogen and oxygen atoms in total. The molecule has 0 bridgehead atoms. The number of hydrogen-bond donors (Lipinski definition) is 1. The Hall–Kier alpha value is -1.27. The average molecular weight is 316 g/mol. The maximum atomic E-state index is 14.4. The Morgan fingerprint density at radius 1 is 1.24 bits per heavy atom. The van der Waals surface area contributed by atoms with Gasteiger partial charge in [0, 0.05) is 8.07 Å². The maximum absolute atomic E-state index is 14.4. The minimum absolute atomic E-state index is 0.0358. The molecule has 1 N–H and O–H groups in total. The maximum Gasteiger partial charge on any atom is 0.385 e. The predicted octanol–water partition coefficient (Wildman–Crippen LogP) is 3.71. The first kappa shape index (κ1) is 17.8. The fourth-order valence-electron chi connectivity index (χ4n) is 2.19. The Balaban J connectivity index is 2.98. The van der Waals surface area contributed by atoms with Crippen molar-refractivity contribution in [2.45, 2.75) is 50.6 Å². The molecule has 1 aromatic rings. The summed E-state index contributed by atoms with van der Waals surface area (Å²) in [4.78, 5) is 11.8. The molecule has 0 fully saturated rings. The number of aliphatic hydroxyl groups is 1. The molecule has 0 aliphatic rings. The minimum Gasteiger partial charge on any atom is -0.422 e. The van der Waals surface area contributed by atoms with Gasteiger partial charge in [0.2, 0.25) is 0 Å². The van der Waals surface area contributed by atoms with Crippen molar-refractivity contribution < 1.29 is 23.4 Å². The third-order valence-corrected chi connectivity index (χ3v) is 4.85. The summed E-state index contributed by atoms with van der Waals surface area (Å²) >= 11 is 0. The smallest absolute Gasteiger partial charge is 0.385 e. The molecule has 1 unspecified atom stereocenters. The van der Waals surface area contributed by atoms with E-state index in [-0.39, 0.29) is 18.2 Å². The molecule has 0 aromatic heterocycles. The lowest BCUT2D eigenvalue weighted by molar-refractivity contribution is -0.201. The van der Waals surface area contributed by atoms with Gasteiger partial charge in [-0.15, -0.1) is 0 Å². The summed E-state index contributed by atoms with van der Waals surface area (Å²) in [5.41, 5.74) is -2.37. The van der Waals surface area contributed by atoms with Crippen molar-refractivity contribution in [3.05, 3.63) is 30.3 Å². The highest BCUT2D eigenvalue weighted by atomic mass is 28.3. The van der Waals surface area contributed by atoms with Gasteiger partial charge in [-0.25, -0.2) is 4.79 Å². The molecule has 0 saturated heterocycles. The second-order valence-electron chi connectivity index (χ2n) is 6.40. The van der Waals surface area contributed by atoms with Gasteiger partial charge in [0.25, 0.3) is 0 Å². The van der Waals surface area contributed by atoms with Crippen LogP contribution < -0.4 is 4.74 Å². The Morgan fingerprint density at radius 3 is 2.19 bits per heavy atom. The number of hydrogen-bond acceptors (Lipinski definition) is 3. The molecule has 21 heavy (non-hydrogen) atoms. The number of rotatable bonds is 6. The number of para-hydroxylation sites is 1. The number of esters is 1. The van der Waals surface area contributed by atoms with Crippen molar-refractivity contribution in [1.29, 1.82) is 0 Å². The van der Waals surface area contributed by atoms with E-state index in [4.69, 9.17) is 4.74 Å². The summed E-state index contributed by atoms with van der Waals surface area (Å²) in [5.74, 6) is -5.62. The van der Waals surface area contributed by atoms with Crippen LogP contribution in [-0.2, 0) is 4.79 Å². The van der Waals surface area contributed by atoms with Crippen LogP contribution in [0.25, 0.3) is 0 Å². The number of carbonyl (C=O) groups excluding carboxylic acids is 1. The van der Waals surface area contributed by atoms with Crippen molar-refractivity contribution in [2.75, 3.05) is 0 Å². The Morgan fingerprint density at radius 2 is 1.76 bits per heavy atom. The van der Waals surface area contributed by atoms with Crippen LogP contribution in [0.4, 0.5) is 8.78 Å². The third kappa shape index (κ3) is 4.34. The molecular weight excluding hydrogens is 294 g/mol. The number of benzene rings is 1. The molecule has 118 valence electrons. The molecule has 0 aliphatic heterocycles. The quantitative estimate of drug-likeness (QED) is 0.494. The van der Waals surface area contributed by atoms with Gasteiger partial charge >= 0.3 is 11.9 Å². The Labute approximate surface area is 124 Å². The summed E-state index contributed by atoms with van der Waals surface area (Å²) in [6.07, 6.45) is -0.214. The molecule has 0 heterocycles. The first-order valence-electron chi connectivity index (χ1n) is 6.89. The fraction of sp³-hybridized carbons (Fsp3) is 0.533. The number of halogens is 2. The van der Waals surface area contributed by atoms with Crippen molar-refractivity contribution in [3.63, 3.8) is 0 Å². The summed E-state index contributed by atoms with van der Waals surface area (Å²) in [6.45, 7) is 7.05. The second kappa shape index (κ2) is 6.23. The normalized spacial score (nSPS) is 15.4. The van der Waals surface area contributed by atoms with Gasteiger partial charge in [-0.05, 0) is 24.6 Å². The molecular formula is C15H22F2O3Si. The SMILES string of the molecule is CCC(O)(C[Si](C)(C)C)C(F)(F)C(=O)Oc1ccccc1. The van der Waals surface area contributed by atoms with Crippen LogP contribution in [0.3, 0.4) is 0 Å². The number of carbonyl (C=O) groups is 1. The van der Waals surface area contributed by atoms with Crippen molar-refractivity contribution in [1.82, 2.24) is 0 Å². The van der Waals surface area contributed by atoms with Crippen molar-refractivity contribution in [3.8, 4) is 5.75 Å². The van der Waals surface area contributed by atoms with Crippen LogP contribution in [0.15, 0.2) is 30.3 Å². The molecule has 1 rings (SSSR count). The van der Waals surface area contributed by atoms with E-state index in [0.29, 0.717) is 0 Å². The van der Waals surface area contributed by atoms with Crippen LogP contribution >= 0.6 is 0 Å². The van der Waals surface area contributed by atoms with E-state index < -0.39 is 25.6 Å². The van der Waals surface area contributed by atoms with Gasteiger partial charge in [0.05, 0.1) is 0 Å². The van der Waals surface area contributed by atoms with E-state index >= 15 is 0 Å². The first-order valence-corrected chi connectivity index (χ1v) is 10.6. The van der Waals surface area contributed by atoms with Crippen LogP contribution in [0.5, 0.6) is 5.75 Å². The second-order valence-corrected chi connectivity index (χ2v) is 11.9. The molecule has 0 radical (unpaired) electrons. The lowest BCUT2D eigenvalue weighted by Crippen LogP contribution is -2.57. The van der Waals surface area contributed by atoms with Gasteiger partial charge in [-0.3, -0.25) is 0 Å². The molecule has 0 saturated carbocycles. The molecule has 0 spiro atoms. The topological polar surface area (TPSA) is 46.5 Å². The molecule has 1 aromatic carbocycles. The third-order valence-electron chi connectivity index (χ3n) is 3.20. The van der Waals surface area contributed by atoms with Gasteiger partial charge in [0.15, 0.2) is 0 Å². The summed E-state index contributed by atoms with van der Waals surface area (Å²) in [5, 5.41) is 10.3. The largest absolute Gasteiger partial charge is 0.422 e. The van der Waals surface area contributed by atoms with E-state index in [9.17, 15) is 18.7 Å². The van der Waals surface area contributed by atoms with Crippen LogP contribution in [0, 0.1) is 0 Å². The van der Waals surface area contributed by atoms with Gasteiger partial charge in [-0.2, -0.15) is 8.78 Å². The van der Waals surface area contributed by atoms with Crippen LogP contribution in [-0.4, -0.2) is 30.7 Å². The van der Waals surface area contributed by atoms with Crippen LogP contribution in [0.1, 0.15) is 13.3 Å². The van der Waals surface area contributed by atoms with Gasteiger partial charge in [-0.1, -0.05) is 44.8 Å². The highest BCUT2D eigenvalue weighted by Gasteiger charge is 2.59.